The number of aliphatic imine (C=N–C) groups is 1. The minimum Gasteiger partial charge on any atom is -0.330 e. The Balaban J connectivity index is 2.27. The topological polar surface area (TPSA) is 46.4 Å². The van der Waals surface area contributed by atoms with E-state index in [1.54, 1.807) is 0 Å². The van der Waals surface area contributed by atoms with Crippen molar-refractivity contribution in [2.24, 2.45) is 10.9 Å². The number of anilines is 1. The predicted molar refractivity (Wildman–Crippen MR) is 113 cm³/mol. The van der Waals surface area contributed by atoms with Crippen LogP contribution in [0.5, 0.6) is 0 Å². The van der Waals surface area contributed by atoms with E-state index >= 15 is 0 Å². The van der Waals surface area contributed by atoms with Crippen molar-refractivity contribution in [2.75, 3.05) is 5.32 Å². The molecule has 144 valence electrons. The number of nitrogens with zero attached hydrogens (tertiary/aromatic N) is 2. The van der Waals surface area contributed by atoms with Gasteiger partial charge in [0.15, 0.2) is 5.78 Å². The molecule has 1 N–H and O–H groups in total. The second-order valence-corrected chi connectivity index (χ2v) is 8.20. The van der Waals surface area contributed by atoms with E-state index in [9.17, 15) is 4.79 Å². The van der Waals surface area contributed by atoms with Gasteiger partial charge in [-0.25, -0.2) is 0 Å². The first-order valence-corrected chi connectivity index (χ1v) is 9.79. The summed E-state index contributed by atoms with van der Waals surface area (Å²) in [4.78, 5) is 18.0. The molecule has 1 aliphatic rings. The molecule has 0 radical (unpaired) electrons. The molecule has 2 atom stereocenters. The number of hydrogen-bond acceptors (Lipinski definition) is 3. The standard InChI is InChI=1S/C23H31N3O/c1-9-14(3)21(27)23(8)19-12-17(6)26(22(19)24-18(7)25-23)20-15(4)10-13(2)11-16(20)5/h10-12,14H,9H2,1-8H3,(H,24,25). The molecule has 2 heterocycles. The fourth-order valence-corrected chi connectivity index (χ4v) is 4.39. The SMILES string of the molecule is CCC(C)C(=O)C1(C)N=C(C)Nc2c1cc(C)n2-c1c(C)cc(C)cc1C. The fraction of sp³-hybridized carbons (Fsp3) is 0.478. The van der Waals surface area contributed by atoms with Gasteiger partial charge in [-0.2, -0.15) is 0 Å². The molecule has 4 nitrogen and oxygen atoms in total. The Labute approximate surface area is 162 Å². The Kier molecular flexibility index (Phi) is 4.79. The molecule has 0 saturated carbocycles. The van der Waals surface area contributed by atoms with Crippen molar-refractivity contribution in [3.05, 3.63) is 46.1 Å². The lowest BCUT2D eigenvalue weighted by Gasteiger charge is -2.32. The molecule has 0 bridgehead atoms. The number of carbonyl (C=O) groups excluding carboxylic acids is 1. The summed E-state index contributed by atoms with van der Waals surface area (Å²) >= 11 is 0. The number of rotatable bonds is 4. The summed E-state index contributed by atoms with van der Waals surface area (Å²) < 4.78 is 2.25. The van der Waals surface area contributed by atoms with Crippen molar-refractivity contribution in [1.29, 1.82) is 0 Å². The smallest absolute Gasteiger partial charge is 0.167 e. The second kappa shape index (κ2) is 6.66. The third kappa shape index (κ3) is 3.01. The van der Waals surface area contributed by atoms with Crippen molar-refractivity contribution in [3.8, 4) is 5.69 Å². The third-order valence-electron chi connectivity index (χ3n) is 5.80. The molecular weight excluding hydrogens is 334 g/mol. The Morgan fingerprint density at radius 2 is 1.74 bits per heavy atom. The summed E-state index contributed by atoms with van der Waals surface area (Å²) in [7, 11) is 0. The minimum absolute atomic E-state index is 0.0241. The minimum atomic E-state index is -0.845. The maximum Gasteiger partial charge on any atom is 0.167 e. The Morgan fingerprint density at radius 1 is 1.15 bits per heavy atom. The van der Waals surface area contributed by atoms with Gasteiger partial charge in [-0.15, -0.1) is 0 Å². The number of carbonyl (C=O) groups is 1. The van der Waals surface area contributed by atoms with Gasteiger partial charge in [0, 0.05) is 17.2 Å². The average Bonchev–Trinajstić information content (AvgIpc) is 2.90. The number of benzene rings is 1. The summed E-state index contributed by atoms with van der Waals surface area (Å²) in [6.45, 7) is 16.5. The first kappa shape index (κ1) is 19.4. The average molecular weight is 366 g/mol. The van der Waals surface area contributed by atoms with Crippen molar-refractivity contribution >= 4 is 17.4 Å². The summed E-state index contributed by atoms with van der Waals surface area (Å²) in [5.41, 5.74) is 6.13. The first-order chi connectivity index (χ1) is 12.6. The highest BCUT2D eigenvalue weighted by Crippen LogP contribution is 2.42. The van der Waals surface area contributed by atoms with Gasteiger partial charge in [0.1, 0.15) is 17.2 Å². The summed E-state index contributed by atoms with van der Waals surface area (Å²) in [6, 6.07) is 6.54. The van der Waals surface area contributed by atoms with Gasteiger partial charge >= 0.3 is 0 Å². The van der Waals surface area contributed by atoms with Crippen LogP contribution in [0.4, 0.5) is 5.82 Å². The van der Waals surface area contributed by atoms with Gasteiger partial charge in [0.05, 0.1) is 5.69 Å². The number of amidine groups is 1. The quantitative estimate of drug-likeness (QED) is 0.790. The highest BCUT2D eigenvalue weighted by molar-refractivity contribution is 6.03. The lowest BCUT2D eigenvalue weighted by molar-refractivity contribution is -0.127. The van der Waals surface area contributed by atoms with Gasteiger partial charge in [-0.05, 0) is 65.2 Å². The number of aryl methyl sites for hydroxylation is 4. The molecular formula is C23H31N3O. The molecule has 1 aliphatic heterocycles. The van der Waals surface area contributed by atoms with E-state index in [1.807, 2.05) is 20.8 Å². The third-order valence-corrected chi connectivity index (χ3v) is 5.80. The van der Waals surface area contributed by atoms with Crippen molar-refractivity contribution in [2.45, 2.75) is 67.3 Å². The lowest BCUT2D eigenvalue weighted by Crippen LogP contribution is -2.39. The highest BCUT2D eigenvalue weighted by Gasteiger charge is 2.43. The van der Waals surface area contributed by atoms with Gasteiger partial charge < -0.3 is 5.32 Å². The molecule has 4 heteroatoms. The van der Waals surface area contributed by atoms with Gasteiger partial charge in [-0.1, -0.05) is 31.5 Å². The number of fused-ring (bicyclic) bond motifs is 1. The Bertz CT molecular complexity index is 928. The van der Waals surface area contributed by atoms with E-state index in [-0.39, 0.29) is 11.7 Å². The largest absolute Gasteiger partial charge is 0.330 e. The number of hydrogen-bond donors (Lipinski definition) is 1. The van der Waals surface area contributed by atoms with E-state index < -0.39 is 5.54 Å². The monoisotopic (exact) mass is 365 g/mol. The fourth-order valence-electron chi connectivity index (χ4n) is 4.39. The van der Waals surface area contributed by atoms with Crippen LogP contribution in [0.25, 0.3) is 5.69 Å². The molecule has 27 heavy (non-hydrogen) atoms. The molecule has 0 aliphatic carbocycles. The Morgan fingerprint density at radius 3 is 2.30 bits per heavy atom. The molecule has 1 aromatic carbocycles. The number of nitrogens with one attached hydrogen (secondary N) is 1. The van der Waals surface area contributed by atoms with Crippen LogP contribution < -0.4 is 5.32 Å². The molecule has 3 rings (SSSR count). The van der Waals surface area contributed by atoms with Gasteiger partial charge in [0.25, 0.3) is 0 Å². The number of ketones is 1. The van der Waals surface area contributed by atoms with Crippen LogP contribution in [0.15, 0.2) is 23.2 Å². The summed E-state index contributed by atoms with van der Waals surface area (Å²) in [6.07, 6.45) is 0.821. The van der Waals surface area contributed by atoms with Crippen molar-refractivity contribution in [3.63, 3.8) is 0 Å². The lowest BCUT2D eigenvalue weighted by atomic mass is 9.81. The van der Waals surface area contributed by atoms with Gasteiger partial charge in [-0.3, -0.25) is 14.4 Å². The normalized spacial score (nSPS) is 19.9. The van der Waals surface area contributed by atoms with Crippen LogP contribution in [0, 0.1) is 33.6 Å². The molecule has 0 amide bonds. The zero-order valence-corrected chi connectivity index (χ0v) is 17.8. The molecule has 0 fully saturated rings. The van der Waals surface area contributed by atoms with E-state index in [4.69, 9.17) is 4.99 Å². The first-order valence-electron chi connectivity index (χ1n) is 9.79. The maximum absolute atomic E-state index is 13.3. The van der Waals surface area contributed by atoms with Crippen LogP contribution in [-0.4, -0.2) is 16.2 Å². The van der Waals surface area contributed by atoms with Crippen LogP contribution in [0.3, 0.4) is 0 Å². The van der Waals surface area contributed by atoms with Gasteiger partial charge in [0.2, 0.25) is 0 Å². The van der Waals surface area contributed by atoms with Crippen molar-refractivity contribution < 1.29 is 4.79 Å². The zero-order valence-electron chi connectivity index (χ0n) is 17.8. The van der Waals surface area contributed by atoms with E-state index in [2.05, 4.69) is 62.7 Å². The van der Waals surface area contributed by atoms with Crippen LogP contribution in [0.2, 0.25) is 0 Å². The molecule has 0 spiro atoms. The molecule has 2 aromatic rings. The number of aromatic nitrogens is 1. The van der Waals surface area contributed by atoms with E-state index in [0.29, 0.717) is 0 Å². The van der Waals surface area contributed by atoms with Crippen LogP contribution in [0.1, 0.15) is 62.1 Å². The van der Waals surface area contributed by atoms with E-state index in [0.717, 1.165) is 29.3 Å². The zero-order chi connectivity index (χ0) is 20.1. The van der Waals surface area contributed by atoms with Crippen LogP contribution >= 0.6 is 0 Å². The highest BCUT2D eigenvalue weighted by atomic mass is 16.1. The molecule has 0 saturated heterocycles. The van der Waals surface area contributed by atoms with E-state index in [1.165, 1.54) is 22.4 Å². The van der Waals surface area contributed by atoms with Crippen molar-refractivity contribution in [1.82, 2.24) is 4.57 Å². The predicted octanol–water partition coefficient (Wildman–Crippen LogP) is 5.39. The molecule has 2 unspecified atom stereocenters. The number of Topliss-reactive ketones (excluding diaryl/α,β-unsaturated/α-hetero) is 1. The summed E-state index contributed by atoms with van der Waals surface area (Å²) in [5.74, 6) is 1.91. The second-order valence-electron chi connectivity index (χ2n) is 8.20. The Hall–Kier alpha value is -2.36. The summed E-state index contributed by atoms with van der Waals surface area (Å²) in [5, 5.41) is 3.44. The van der Waals surface area contributed by atoms with Crippen LogP contribution in [-0.2, 0) is 10.3 Å². The molecule has 1 aromatic heterocycles. The maximum atomic E-state index is 13.3.